The Balaban J connectivity index is 1.88. The molecule has 1 aliphatic heterocycles. The Labute approximate surface area is 115 Å². The van der Waals surface area contributed by atoms with Crippen LogP contribution in [0.15, 0.2) is 12.1 Å². The van der Waals surface area contributed by atoms with Gasteiger partial charge in [0.1, 0.15) is 5.75 Å². The molecule has 0 aromatic heterocycles. The molecule has 1 heterocycles. The van der Waals surface area contributed by atoms with E-state index in [0.29, 0.717) is 0 Å². The number of benzene rings is 1. The Morgan fingerprint density at radius 2 is 2.33 bits per heavy atom. The van der Waals surface area contributed by atoms with Crippen LogP contribution in [0.4, 0.5) is 0 Å². The first-order valence-corrected chi connectivity index (χ1v) is 8.22. The highest BCUT2D eigenvalue weighted by molar-refractivity contribution is 7.84. The smallest absolute Gasteiger partial charge is 0.127 e. The second-order valence-electron chi connectivity index (χ2n) is 4.46. The van der Waals surface area contributed by atoms with E-state index >= 15 is 0 Å². The largest absolute Gasteiger partial charge is 0.493 e. The minimum atomic E-state index is -0.703. The maximum absolute atomic E-state index is 10.9. The van der Waals surface area contributed by atoms with Gasteiger partial charge < -0.3 is 10.1 Å². The van der Waals surface area contributed by atoms with Crippen molar-refractivity contribution >= 4 is 22.4 Å². The van der Waals surface area contributed by atoms with Crippen LogP contribution >= 0.6 is 11.6 Å². The number of halogens is 1. The maximum atomic E-state index is 10.9. The van der Waals surface area contributed by atoms with Crippen molar-refractivity contribution in [1.82, 2.24) is 5.32 Å². The van der Waals surface area contributed by atoms with Crippen molar-refractivity contribution in [2.75, 3.05) is 25.2 Å². The summed E-state index contributed by atoms with van der Waals surface area (Å²) in [4.78, 5) is 0. The average Bonchev–Trinajstić information content (AvgIpc) is 2.75. The predicted octanol–water partition coefficient (Wildman–Crippen LogP) is 2.13. The second-order valence-corrected chi connectivity index (χ2v) is 6.45. The summed E-state index contributed by atoms with van der Waals surface area (Å²) in [6, 6.07) is 3.93. The predicted molar refractivity (Wildman–Crippen MR) is 75.9 cm³/mol. The Morgan fingerprint density at radius 3 is 3.11 bits per heavy atom. The lowest BCUT2D eigenvalue weighted by Crippen LogP contribution is -2.17. The number of fused-ring (bicyclic) bond motifs is 1. The topological polar surface area (TPSA) is 38.3 Å². The Hall–Kier alpha value is -0.580. The molecular formula is C13H18ClNO2S. The third-order valence-electron chi connectivity index (χ3n) is 2.93. The third-order valence-corrected chi connectivity index (χ3v) is 4.01. The molecule has 1 aromatic carbocycles. The average molecular weight is 288 g/mol. The summed E-state index contributed by atoms with van der Waals surface area (Å²) < 4.78 is 16.6. The van der Waals surface area contributed by atoms with Crippen LogP contribution in [0.1, 0.15) is 17.5 Å². The molecule has 1 N–H and O–H groups in total. The van der Waals surface area contributed by atoms with E-state index in [0.717, 1.165) is 54.6 Å². The first-order chi connectivity index (χ1) is 8.66. The van der Waals surface area contributed by atoms with Crippen molar-refractivity contribution in [1.29, 1.82) is 0 Å². The van der Waals surface area contributed by atoms with Crippen LogP contribution < -0.4 is 10.1 Å². The Morgan fingerprint density at radius 1 is 1.50 bits per heavy atom. The molecule has 5 heteroatoms. The van der Waals surface area contributed by atoms with Crippen molar-refractivity contribution in [3.63, 3.8) is 0 Å². The first-order valence-electron chi connectivity index (χ1n) is 6.11. The molecule has 0 radical (unpaired) electrons. The summed E-state index contributed by atoms with van der Waals surface area (Å²) in [5.74, 6) is 1.74. The van der Waals surface area contributed by atoms with E-state index in [1.165, 1.54) is 5.56 Å². The highest BCUT2D eigenvalue weighted by Gasteiger charge is 2.17. The van der Waals surface area contributed by atoms with Crippen molar-refractivity contribution in [2.24, 2.45) is 0 Å². The fourth-order valence-electron chi connectivity index (χ4n) is 2.10. The molecule has 2 rings (SSSR count). The van der Waals surface area contributed by atoms with Crippen LogP contribution in [0, 0.1) is 0 Å². The van der Waals surface area contributed by atoms with E-state index < -0.39 is 10.8 Å². The highest BCUT2D eigenvalue weighted by Crippen LogP contribution is 2.32. The van der Waals surface area contributed by atoms with Crippen molar-refractivity contribution < 1.29 is 8.95 Å². The fourth-order valence-corrected chi connectivity index (χ4v) is 2.92. The number of nitrogens with one attached hydrogen (secondary N) is 1. The molecule has 0 spiro atoms. The van der Waals surface area contributed by atoms with Gasteiger partial charge in [-0.2, -0.15) is 0 Å². The lowest BCUT2D eigenvalue weighted by Gasteiger charge is -2.10. The number of ether oxygens (including phenoxy) is 1. The molecule has 1 unspecified atom stereocenters. The summed E-state index contributed by atoms with van der Waals surface area (Å²) in [7, 11) is -0.703. The minimum Gasteiger partial charge on any atom is -0.493 e. The fraction of sp³-hybridized carbons (Fsp3) is 0.538. The van der Waals surface area contributed by atoms with E-state index in [1.54, 1.807) is 6.26 Å². The zero-order valence-corrected chi connectivity index (χ0v) is 12.1. The van der Waals surface area contributed by atoms with Gasteiger partial charge in [-0.05, 0) is 30.7 Å². The molecule has 100 valence electrons. The molecule has 1 aromatic rings. The Bertz CT molecular complexity index is 451. The summed E-state index contributed by atoms with van der Waals surface area (Å²) in [6.07, 6.45) is 3.60. The number of rotatable bonds is 6. The van der Waals surface area contributed by atoms with Gasteiger partial charge in [-0.3, -0.25) is 4.21 Å². The van der Waals surface area contributed by atoms with Crippen molar-refractivity contribution in [2.45, 2.75) is 19.4 Å². The van der Waals surface area contributed by atoms with Gasteiger partial charge in [-0.25, -0.2) is 0 Å². The number of hydrogen-bond donors (Lipinski definition) is 1. The molecule has 18 heavy (non-hydrogen) atoms. The monoisotopic (exact) mass is 287 g/mol. The zero-order chi connectivity index (χ0) is 13.0. The molecule has 0 fully saturated rings. The zero-order valence-electron chi connectivity index (χ0n) is 10.5. The molecule has 1 aliphatic rings. The van der Waals surface area contributed by atoms with Gasteiger partial charge >= 0.3 is 0 Å². The quantitative estimate of drug-likeness (QED) is 0.815. The van der Waals surface area contributed by atoms with Crippen molar-refractivity contribution in [3.8, 4) is 5.75 Å². The van der Waals surface area contributed by atoms with Crippen LogP contribution in [0.25, 0.3) is 0 Å². The van der Waals surface area contributed by atoms with Gasteiger partial charge in [0.15, 0.2) is 0 Å². The molecule has 0 bridgehead atoms. The molecule has 1 atom stereocenters. The van der Waals surface area contributed by atoms with Gasteiger partial charge in [0, 0.05) is 46.4 Å². The SMILES string of the molecule is CS(=O)CCCNCc1cc(Cl)cc2c1OCC2. The van der Waals surface area contributed by atoms with E-state index in [-0.39, 0.29) is 0 Å². The van der Waals surface area contributed by atoms with Crippen molar-refractivity contribution in [3.05, 3.63) is 28.3 Å². The van der Waals surface area contributed by atoms with E-state index in [9.17, 15) is 4.21 Å². The summed E-state index contributed by atoms with van der Waals surface area (Å²) >= 11 is 6.09. The third kappa shape index (κ3) is 3.70. The van der Waals surface area contributed by atoms with Crippen LogP contribution in [-0.4, -0.2) is 29.4 Å². The minimum absolute atomic E-state index is 0.703. The highest BCUT2D eigenvalue weighted by atomic mass is 35.5. The van der Waals surface area contributed by atoms with Crippen LogP contribution in [0.2, 0.25) is 5.02 Å². The summed E-state index contributed by atoms with van der Waals surface area (Å²) in [5, 5.41) is 4.11. The summed E-state index contributed by atoms with van der Waals surface area (Å²) in [5.41, 5.74) is 2.32. The molecule has 0 saturated carbocycles. The van der Waals surface area contributed by atoms with E-state index in [4.69, 9.17) is 16.3 Å². The second kappa shape index (κ2) is 6.55. The molecule has 0 saturated heterocycles. The van der Waals surface area contributed by atoms with Gasteiger partial charge in [-0.15, -0.1) is 0 Å². The van der Waals surface area contributed by atoms with Crippen LogP contribution in [0.5, 0.6) is 5.75 Å². The molecular weight excluding hydrogens is 270 g/mol. The molecule has 0 amide bonds. The Kier molecular flexibility index (Phi) is 5.03. The lowest BCUT2D eigenvalue weighted by atomic mass is 10.1. The van der Waals surface area contributed by atoms with Gasteiger partial charge in [0.2, 0.25) is 0 Å². The normalized spacial score (nSPS) is 15.2. The summed E-state index contributed by atoms with van der Waals surface area (Å²) in [6.45, 7) is 2.36. The number of hydrogen-bond acceptors (Lipinski definition) is 3. The molecule has 0 aliphatic carbocycles. The first kappa shape index (κ1) is 13.8. The maximum Gasteiger partial charge on any atom is 0.127 e. The van der Waals surface area contributed by atoms with Gasteiger partial charge in [0.05, 0.1) is 6.61 Å². The van der Waals surface area contributed by atoms with Crippen LogP contribution in [-0.2, 0) is 23.8 Å². The molecule has 3 nitrogen and oxygen atoms in total. The van der Waals surface area contributed by atoms with Crippen LogP contribution in [0.3, 0.4) is 0 Å². The van der Waals surface area contributed by atoms with Gasteiger partial charge in [-0.1, -0.05) is 11.6 Å². The standard InChI is InChI=1S/C13H18ClNO2S/c1-18(16)6-2-4-15-9-11-8-12(14)7-10-3-5-17-13(10)11/h7-8,15H,2-6,9H2,1H3. The van der Waals surface area contributed by atoms with Gasteiger partial charge in [0.25, 0.3) is 0 Å². The van der Waals surface area contributed by atoms with E-state index in [2.05, 4.69) is 5.32 Å². The van der Waals surface area contributed by atoms with E-state index in [1.807, 2.05) is 12.1 Å². The lowest BCUT2D eigenvalue weighted by molar-refractivity contribution is 0.352.